The zero-order chi connectivity index (χ0) is 46.5. The summed E-state index contributed by atoms with van der Waals surface area (Å²) in [5.41, 5.74) is 0.773. The summed E-state index contributed by atoms with van der Waals surface area (Å²) >= 11 is 6.50. The molecule has 14 atom stereocenters. The maximum absolute atomic E-state index is 14.6. The number of hydrogen-bond acceptors (Lipinski definition) is 13. The van der Waals surface area contributed by atoms with E-state index in [1.165, 1.54) is 0 Å². The molecule has 15 heteroatoms. The first-order valence-electron chi connectivity index (χ1n) is 22.5. The van der Waals surface area contributed by atoms with Gasteiger partial charge in [-0.3, -0.25) is 4.79 Å². The standard InChI is InChI=1S/C49H68ClN3O11/c1-12-39-49(8)44(63-47(56)64-49)30(4)40(52-59-27-35-17-13-14-18-36(35)50)28(2)26-48(7,57-11)43(62-46-41(54)38(53(9)10)24-29(3)60-46)31(5)42(32(6)45(55)61-39)58-23-15-16-33-19-20-37-34(25-33)21-22-51-37/h13-22,25,28-32,38-39,41-44,46,51,54H,12,23-24,26-27H2,1-11H3/b16-15+,52-40+/t28-,29-,30+,31+,32-,38+,39-,41-,42+,43-,44-,46+,48-,49-/m1/s1. The summed E-state index contributed by atoms with van der Waals surface area (Å²) in [7, 11) is 5.46. The second-order valence-electron chi connectivity index (χ2n) is 18.5. The van der Waals surface area contributed by atoms with Crippen molar-refractivity contribution in [1.82, 2.24) is 9.88 Å². The van der Waals surface area contributed by atoms with Gasteiger partial charge in [0.05, 0.1) is 42.1 Å². The smallest absolute Gasteiger partial charge is 0.458 e. The minimum atomic E-state index is -1.40. The highest BCUT2D eigenvalue weighted by atomic mass is 35.5. The van der Waals surface area contributed by atoms with Crippen LogP contribution in [0.5, 0.6) is 0 Å². The van der Waals surface area contributed by atoms with Crippen molar-refractivity contribution < 1.29 is 52.7 Å². The number of esters is 1. The molecule has 0 radical (unpaired) electrons. The molecule has 2 aromatic carbocycles. The van der Waals surface area contributed by atoms with Crippen molar-refractivity contribution >= 4 is 46.4 Å². The highest BCUT2D eigenvalue weighted by Gasteiger charge is 2.59. The molecular formula is C49H68ClN3O11. The predicted octanol–water partition coefficient (Wildman–Crippen LogP) is 8.57. The molecule has 4 heterocycles. The molecule has 0 bridgehead atoms. The van der Waals surface area contributed by atoms with Gasteiger partial charge in [0.1, 0.15) is 18.8 Å². The number of ether oxygens (including phenoxy) is 7. The summed E-state index contributed by atoms with van der Waals surface area (Å²) < 4.78 is 45.0. The number of aliphatic hydroxyl groups excluding tert-OH is 1. The van der Waals surface area contributed by atoms with Crippen LogP contribution in [0.1, 0.15) is 85.8 Å². The Morgan fingerprint density at radius 2 is 1.78 bits per heavy atom. The zero-order valence-electron chi connectivity index (χ0n) is 39.1. The van der Waals surface area contributed by atoms with Gasteiger partial charge in [-0.25, -0.2) is 4.79 Å². The van der Waals surface area contributed by atoms with Gasteiger partial charge in [0.15, 0.2) is 18.0 Å². The molecule has 3 aromatic rings. The molecule has 0 unspecified atom stereocenters. The van der Waals surface area contributed by atoms with E-state index in [0.29, 0.717) is 30.0 Å². The molecule has 3 aliphatic heterocycles. The lowest BCUT2D eigenvalue weighted by Gasteiger charge is -2.48. The number of carbonyl (C=O) groups excluding carboxylic acids is 2. The fourth-order valence-corrected chi connectivity index (χ4v) is 10.2. The van der Waals surface area contributed by atoms with Gasteiger partial charge in [0.25, 0.3) is 0 Å². The molecular weight excluding hydrogens is 842 g/mol. The van der Waals surface area contributed by atoms with Crippen LogP contribution in [0.4, 0.5) is 4.79 Å². The summed E-state index contributed by atoms with van der Waals surface area (Å²) in [6.45, 7) is 15.4. The third-order valence-electron chi connectivity index (χ3n) is 13.6. The highest BCUT2D eigenvalue weighted by molar-refractivity contribution is 6.31. The van der Waals surface area contributed by atoms with Crippen molar-refractivity contribution in [3.05, 3.63) is 77.0 Å². The van der Waals surface area contributed by atoms with Crippen LogP contribution in [-0.4, -0.2) is 121 Å². The van der Waals surface area contributed by atoms with Crippen LogP contribution in [0, 0.1) is 23.7 Å². The Morgan fingerprint density at radius 3 is 2.48 bits per heavy atom. The van der Waals surface area contributed by atoms with E-state index < -0.39 is 83.8 Å². The van der Waals surface area contributed by atoms with Crippen LogP contribution in [-0.2, 0) is 49.4 Å². The van der Waals surface area contributed by atoms with Crippen molar-refractivity contribution in [2.24, 2.45) is 28.8 Å². The van der Waals surface area contributed by atoms with E-state index in [9.17, 15) is 14.7 Å². The molecule has 0 amide bonds. The van der Waals surface area contributed by atoms with Gasteiger partial charge in [-0.1, -0.05) is 80.9 Å². The quantitative estimate of drug-likeness (QED) is 0.132. The molecule has 3 saturated heterocycles. The number of aromatic nitrogens is 1. The molecule has 3 aliphatic rings. The van der Waals surface area contributed by atoms with E-state index in [-0.39, 0.29) is 25.4 Å². The lowest BCUT2D eigenvalue weighted by atomic mass is 9.73. The van der Waals surface area contributed by atoms with Gasteiger partial charge < -0.3 is 53.0 Å². The summed E-state index contributed by atoms with van der Waals surface area (Å²) in [5.74, 6) is -3.00. The second-order valence-corrected chi connectivity index (χ2v) is 18.9. The number of H-pyrrole nitrogens is 1. The number of cyclic esters (lactones) is 1. The Morgan fingerprint density at radius 1 is 1.03 bits per heavy atom. The minimum absolute atomic E-state index is 0.0779. The lowest BCUT2D eigenvalue weighted by molar-refractivity contribution is -0.302. The normalized spacial score (nSPS) is 36.1. The van der Waals surface area contributed by atoms with Crippen molar-refractivity contribution in [2.75, 3.05) is 27.8 Å². The molecule has 352 valence electrons. The van der Waals surface area contributed by atoms with Crippen molar-refractivity contribution in [2.45, 2.75) is 141 Å². The van der Waals surface area contributed by atoms with Crippen LogP contribution >= 0.6 is 11.6 Å². The van der Waals surface area contributed by atoms with E-state index in [1.807, 2.05) is 115 Å². The maximum atomic E-state index is 14.6. The predicted molar refractivity (Wildman–Crippen MR) is 245 cm³/mol. The number of rotatable bonds is 12. The van der Waals surface area contributed by atoms with Gasteiger partial charge >= 0.3 is 12.1 Å². The fourth-order valence-electron chi connectivity index (χ4n) is 9.99. The fraction of sp³-hybridized carbons (Fsp3) is 0.612. The number of nitrogens with one attached hydrogen (secondary N) is 1. The van der Waals surface area contributed by atoms with Gasteiger partial charge in [-0.15, -0.1) is 0 Å². The van der Waals surface area contributed by atoms with Crippen LogP contribution in [0.3, 0.4) is 0 Å². The summed E-state index contributed by atoms with van der Waals surface area (Å²) in [5, 5.41) is 18.2. The van der Waals surface area contributed by atoms with Crippen molar-refractivity contribution in [3.8, 4) is 0 Å². The topological polar surface area (TPSA) is 160 Å². The van der Waals surface area contributed by atoms with Gasteiger partial charge in [-0.05, 0) is 96.3 Å². The first-order valence-corrected chi connectivity index (χ1v) is 22.9. The van der Waals surface area contributed by atoms with Crippen LogP contribution in [0.2, 0.25) is 5.02 Å². The SMILES string of the molecule is CC[C@H]1OC(=O)[C@H](C)[C@@H](OC/C=C/c2ccc3[nH]ccc3c2)[C@H](C)[C@@H](O[C@@H]2O[C@H](C)C[C@H](N(C)C)[C@H]2O)[C@](C)(OC)C[C@@H](C)/C(=N\OCc2ccccc2Cl)[C@H](C)[C@H]2OC(=O)O[C@@]21C. The number of fused-ring (bicyclic) bond motifs is 2. The number of nitrogens with zero attached hydrogens (tertiary/aromatic N) is 2. The Labute approximate surface area is 382 Å². The van der Waals surface area contributed by atoms with E-state index in [4.69, 9.17) is 54.8 Å². The molecule has 1 aromatic heterocycles. The summed E-state index contributed by atoms with van der Waals surface area (Å²) in [4.78, 5) is 39.0. The molecule has 14 nitrogen and oxygen atoms in total. The molecule has 2 N–H and O–H groups in total. The number of aliphatic hydroxyl groups is 1. The Bertz CT molecular complexity index is 2110. The Hall–Kier alpha value is -4.02. The zero-order valence-corrected chi connectivity index (χ0v) is 39.9. The largest absolute Gasteiger partial charge is 0.509 e. The average molecular weight is 911 g/mol. The van der Waals surface area contributed by atoms with Crippen LogP contribution in [0.15, 0.2) is 66.0 Å². The van der Waals surface area contributed by atoms with Crippen molar-refractivity contribution in [3.63, 3.8) is 0 Å². The number of carbonyl (C=O) groups is 2. The third-order valence-corrected chi connectivity index (χ3v) is 14.0. The lowest BCUT2D eigenvalue weighted by Crippen LogP contribution is -2.60. The molecule has 0 saturated carbocycles. The van der Waals surface area contributed by atoms with Gasteiger partial charge in [0, 0.05) is 53.2 Å². The highest BCUT2D eigenvalue weighted by Crippen LogP contribution is 2.43. The summed E-state index contributed by atoms with van der Waals surface area (Å²) in [6, 6.07) is 15.2. The molecule has 6 rings (SSSR count). The van der Waals surface area contributed by atoms with Gasteiger partial charge in [-0.2, -0.15) is 0 Å². The number of likely N-dealkylation sites (N-methyl/N-ethyl adjacent to an activating group) is 1. The molecule has 64 heavy (non-hydrogen) atoms. The summed E-state index contributed by atoms with van der Waals surface area (Å²) in [6.07, 6.45) is 0.327. The van der Waals surface area contributed by atoms with E-state index in [0.717, 1.165) is 22.0 Å². The first-order chi connectivity index (χ1) is 30.4. The molecule has 0 aliphatic carbocycles. The second kappa shape index (κ2) is 21.1. The monoisotopic (exact) mass is 909 g/mol. The number of oxime groups is 1. The van der Waals surface area contributed by atoms with Gasteiger partial charge in [0.2, 0.25) is 0 Å². The molecule has 0 spiro atoms. The van der Waals surface area contributed by atoms with E-state index in [1.54, 1.807) is 27.0 Å². The van der Waals surface area contributed by atoms with E-state index in [2.05, 4.69) is 11.1 Å². The van der Waals surface area contributed by atoms with Crippen LogP contribution < -0.4 is 0 Å². The van der Waals surface area contributed by atoms with Crippen LogP contribution in [0.25, 0.3) is 17.0 Å². The third kappa shape index (κ3) is 10.8. The maximum Gasteiger partial charge on any atom is 0.509 e. The Kier molecular flexibility index (Phi) is 16.3. The number of hydrogen-bond donors (Lipinski definition) is 2. The number of benzene rings is 2. The number of halogens is 1. The first kappa shape index (κ1) is 49.4. The van der Waals surface area contributed by atoms with E-state index >= 15 is 0 Å². The number of aromatic amines is 1. The van der Waals surface area contributed by atoms with Crippen molar-refractivity contribution in [1.29, 1.82) is 0 Å². The number of methoxy groups -OCH3 is 1. The minimum Gasteiger partial charge on any atom is -0.458 e. The molecule has 3 fully saturated rings. The Balaban J connectivity index is 1.43. The average Bonchev–Trinajstić information content (AvgIpc) is 3.86.